The number of carbonyl (C=O) groups excluding carboxylic acids is 1. The zero-order chi connectivity index (χ0) is 29.8. The van der Waals surface area contributed by atoms with Gasteiger partial charge in [-0.05, 0) is 61.0 Å². The van der Waals surface area contributed by atoms with E-state index >= 15 is 0 Å². The van der Waals surface area contributed by atoms with Crippen molar-refractivity contribution in [2.75, 3.05) is 0 Å². The van der Waals surface area contributed by atoms with Gasteiger partial charge in [0, 0.05) is 43.4 Å². The minimum absolute atomic E-state index is 0. The number of hydrogen-bond acceptors (Lipinski definition) is 5. The van der Waals surface area contributed by atoms with Crippen LogP contribution in [0.1, 0.15) is 64.2 Å². The quantitative estimate of drug-likeness (QED) is 0.0854. The van der Waals surface area contributed by atoms with Crippen LogP contribution in [0.15, 0.2) is 87.8 Å². The largest absolute Gasteiger partial charge is 0.512 e. The maximum atomic E-state index is 13.9. The van der Waals surface area contributed by atoms with Crippen LogP contribution in [-0.4, -0.2) is 15.9 Å². The molecule has 7 rings (SSSR count). The standard InChI is InChI=1S/C22H11FNO2.C15H24O2.Ir/c23-17-8-4-9-18-13(17)11-12-19(24-18)14-6-3-7-16-21(25)15-5-1-2-10-20(15)26-22(14)16;16-14(12-7-3-1-4-8-12)11-15(17)13-9-5-2-6-10-13;/h1-5,7-12H;11-13,16H,1-10H2;/q-1;;/b;14-11-;. The van der Waals surface area contributed by atoms with Gasteiger partial charge in [-0.25, -0.2) is 4.39 Å². The molecule has 2 aliphatic rings. The minimum atomic E-state index is -0.319. The number of rotatable bonds is 4. The zero-order valence-electron chi connectivity index (χ0n) is 24.5. The minimum Gasteiger partial charge on any atom is -0.512 e. The molecule has 2 heterocycles. The number of nitrogens with zero attached hydrogens (tertiary/aromatic N) is 1. The van der Waals surface area contributed by atoms with Gasteiger partial charge in [-0.15, -0.1) is 18.2 Å². The zero-order valence-corrected chi connectivity index (χ0v) is 26.9. The molecule has 2 aliphatic carbocycles. The third-order valence-corrected chi connectivity index (χ3v) is 8.79. The SMILES string of the molecule is O=C(/C=C(\O)C1CCCCC1)C1CCCCC1.O=c1c2ccccc2oc2c(-c3ccc4c(F)cccc4n3)[c-]ccc12.[Ir]. The molecular formula is C37H35FIrNO4-. The van der Waals surface area contributed by atoms with E-state index in [0.717, 1.165) is 25.7 Å². The molecule has 2 aromatic heterocycles. The normalized spacial score (nSPS) is 16.3. The number of pyridine rings is 1. The van der Waals surface area contributed by atoms with Crippen molar-refractivity contribution in [3.63, 3.8) is 0 Å². The smallest absolute Gasteiger partial charge is 0.182 e. The Morgan fingerprint density at radius 2 is 1.55 bits per heavy atom. The summed E-state index contributed by atoms with van der Waals surface area (Å²) in [7, 11) is 0. The number of para-hydroxylation sites is 1. The van der Waals surface area contributed by atoms with Crippen LogP contribution in [0.25, 0.3) is 44.1 Å². The Labute approximate surface area is 269 Å². The molecule has 1 N–H and O–H groups in total. The number of hydrogen-bond donors (Lipinski definition) is 1. The van der Waals surface area contributed by atoms with Crippen LogP contribution in [0.4, 0.5) is 4.39 Å². The van der Waals surface area contributed by atoms with E-state index in [1.165, 1.54) is 44.6 Å². The third kappa shape index (κ3) is 6.85. The molecule has 5 nitrogen and oxygen atoms in total. The van der Waals surface area contributed by atoms with Gasteiger partial charge < -0.3 is 9.52 Å². The van der Waals surface area contributed by atoms with Gasteiger partial charge in [0.1, 0.15) is 11.4 Å². The number of benzene rings is 3. The maximum absolute atomic E-state index is 13.9. The average molecular weight is 769 g/mol. The summed E-state index contributed by atoms with van der Waals surface area (Å²) in [6.45, 7) is 0. The van der Waals surface area contributed by atoms with Crippen molar-refractivity contribution >= 4 is 38.6 Å². The van der Waals surface area contributed by atoms with E-state index in [1.807, 2.05) is 6.07 Å². The number of aliphatic hydroxyl groups excluding tert-OH is 1. The van der Waals surface area contributed by atoms with E-state index in [-0.39, 0.29) is 49.0 Å². The van der Waals surface area contributed by atoms with Gasteiger partial charge in [0.2, 0.25) is 0 Å². The fraction of sp³-hybridized carbons (Fsp3) is 0.324. The molecule has 0 aliphatic heterocycles. The summed E-state index contributed by atoms with van der Waals surface area (Å²) in [6, 6.07) is 21.8. The van der Waals surface area contributed by atoms with Crippen LogP contribution >= 0.6 is 0 Å². The topological polar surface area (TPSA) is 80.4 Å². The Morgan fingerprint density at radius 3 is 2.30 bits per heavy atom. The third-order valence-electron chi connectivity index (χ3n) is 8.79. The van der Waals surface area contributed by atoms with Gasteiger partial charge in [-0.1, -0.05) is 74.4 Å². The van der Waals surface area contributed by atoms with Crippen molar-refractivity contribution in [2.24, 2.45) is 11.8 Å². The molecule has 1 radical (unpaired) electrons. The van der Waals surface area contributed by atoms with Crippen molar-refractivity contribution in [3.8, 4) is 11.3 Å². The fourth-order valence-electron chi connectivity index (χ4n) is 6.38. The van der Waals surface area contributed by atoms with Crippen LogP contribution in [0.3, 0.4) is 0 Å². The molecule has 2 saturated carbocycles. The predicted molar refractivity (Wildman–Crippen MR) is 168 cm³/mol. The number of allylic oxidation sites excluding steroid dienone is 2. The molecule has 229 valence electrons. The Bertz CT molecular complexity index is 1870. The molecule has 2 fully saturated rings. The summed E-state index contributed by atoms with van der Waals surface area (Å²) < 4.78 is 19.9. The summed E-state index contributed by atoms with van der Waals surface area (Å²) in [6.07, 6.45) is 13.0. The summed E-state index contributed by atoms with van der Waals surface area (Å²) >= 11 is 0. The molecule has 0 bridgehead atoms. The van der Waals surface area contributed by atoms with Crippen LogP contribution in [-0.2, 0) is 24.9 Å². The maximum Gasteiger partial charge on any atom is 0.182 e. The number of halogens is 1. The van der Waals surface area contributed by atoms with Crippen molar-refractivity contribution in [1.82, 2.24) is 4.98 Å². The van der Waals surface area contributed by atoms with Gasteiger partial charge in [0.25, 0.3) is 0 Å². The first kappa shape index (κ1) is 31.7. The molecule has 5 aromatic rings. The first-order valence-electron chi connectivity index (χ1n) is 15.4. The summed E-state index contributed by atoms with van der Waals surface area (Å²) in [5.41, 5.74) is 2.54. The first-order valence-corrected chi connectivity index (χ1v) is 15.4. The first-order chi connectivity index (χ1) is 21.0. The van der Waals surface area contributed by atoms with Crippen LogP contribution in [0, 0.1) is 23.7 Å². The second-order valence-electron chi connectivity index (χ2n) is 11.7. The molecule has 0 atom stereocenters. The van der Waals surface area contributed by atoms with E-state index in [0.29, 0.717) is 49.9 Å². The van der Waals surface area contributed by atoms with Gasteiger partial charge in [0.15, 0.2) is 11.2 Å². The summed E-state index contributed by atoms with van der Waals surface area (Å²) in [5, 5.41) is 11.5. The Hall–Kier alpha value is -3.67. The number of ketones is 1. The fourth-order valence-corrected chi connectivity index (χ4v) is 6.38. The van der Waals surface area contributed by atoms with Crippen molar-refractivity contribution in [3.05, 3.63) is 101 Å². The van der Waals surface area contributed by atoms with Crippen LogP contribution in [0.5, 0.6) is 0 Å². The van der Waals surface area contributed by atoms with E-state index in [1.54, 1.807) is 60.7 Å². The van der Waals surface area contributed by atoms with Gasteiger partial charge >= 0.3 is 0 Å². The van der Waals surface area contributed by atoms with Crippen LogP contribution in [0.2, 0.25) is 0 Å². The predicted octanol–water partition coefficient (Wildman–Crippen LogP) is 9.26. The summed E-state index contributed by atoms with van der Waals surface area (Å²) in [5.74, 6) is 0.666. The number of fused-ring (bicyclic) bond motifs is 3. The molecule has 7 heteroatoms. The van der Waals surface area contributed by atoms with Crippen molar-refractivity contribution < 1.29 is 38.8 Å². The second-order valence-corrected chi connectivity index (χ2v) is 11.7. The van der Waals surface area contributed by atoms with Crippen molar-refractivity contribution in [1.29, 1.82) is 0 Å². The molecule has 3 aromatic carbocycles. The Kier molecular flexibility index (Phi) is 10.4. The monoisotopic (exact) mass is 769 g/mol. The average Bonchev–Trinajstić information content (AvgIpc) is 3.06. The molecule has 0 saturated heterocycles. The second kappa shape index (κ2) is 14.4. The van der Waals surface area contributed by atoms with Gasteiger partial charge in [-0.3, -0.25) is 14.6 Å². The Morgan fingerprint density at radius 1 is 0.841 bits per heavy atom. The molecule has 0 amide bonds. The Balaban J connectivity index is 0.000000187. The van der Waals surface area contributed by atoms with Gasteiger partial charge in [0.05, 0.1) is 22.2 Å². The van der Waals surface area contributed by atoms with Gasteiger partial charge in [-0.2, -0.15) is 0 Å². The van der Waals surface area contributed by atoms with E-state index in [2.05, 4.69) is 11.1 Å². The van der Waals surface area contributed by atoms with E-state index in [9.17, 15) is 19.1 Å². The number of aliphatic hydroxyl groups is 1. The molecule has 0 unspecified atom stereocenters. The van der Waals surface area contributed by atoms with E-state index in [4.69, 9.17) is 4.42 Å². The summed E-state index contributed by atoms with van der Waals surface area (Å²) in [4.78, 5) is 29.3. The molecule has 0 spiro atoms. The van der Waals surface area contributed by atoms with E-state index < -0.39 is 0 Å². The van der Waals surface area contributed by atoms with Crippen molar-refractivity contribution in [2.45, 2.75) is 64.2 Å². The number of aromatic nitrogens is 1. The molecular weight excluding hydrogens is 734 g/mol. The molecule has 44 heavy (non-hydrogen) atoms. The number of carbonyl (C=O) groups is 1. The van der Waals surface area contributed by atoms with Crippen LogP contribution < -0.4 is 5.43 Å².